The molecule has 1 aromatic heterocycles. The van der Waals surface area contributed by atoms with Crippen LogP contribution in [0.4, 0.5) is 4.79 Å². The third-order valence-electron chi connectivity index (χ3n) is 3.34. The number of nitrogens with zero attached hydrogens (tertiary/aromatic N) is 1. The minimum absolute atomic E-state index is 0.425. The summed E-state index contributed by atoms with van der Waals surface area (Å²) in [5.41, 5.74) is 2.75. The zero-order valence-electron chi connectivity index (χ0n) is 12.5. The van der Waals surface area contributed by atoms with Crippen molar-refractivity contribution in [3.63, 3.8) is 0 Å². The van der Waals surface area contributed by atoms with Gasteiger partial charge in [-0.05, 0) is 17.7 Å². The molecular weight excluding hydrogens is 288 g/mol. The van der Waals surface area contributed by atoms with Gasteiger partial charge in [-0.15, -0.1) is 0 Å². The van der Waals surface area contributed by atoms with Crippen molar-refractivity contribution in [3.8, 4) is 16.9 Å². The number of amides is 1. The Morgan fingerprint density at radius 1 is 0.957 bits per heavy atom. The quantitative estimate of drug-likeness (QED) is 0.791. The van der Waals surface area contributed by atoms with E-state index in [0.29, 0.717) is 12.3 Å². The Morgan fingerprint density at radius 2 is 1.74 bits per heavy atom. The molecule has 0 bridgehead atoms. The highest BCUT2D eigenvalue weighted by Crippen LogP contribution is 2.29. The molecule has 0 aliphatic rings. The molecule has 0 unspecified atom stereocenters. The lowest BCUT2D eigenvalue weighted by atomic mass is 10.1. The van der Waals surface area contributed by atoms with E-state index in [-0.39, 0.29) is 0 Å². The molecule has 23 heavy (non-hydrogen) atoms. The first-order valence-electron chi connectivity index (χ1n) is 7.32. The molecule has 1 amide bonds. The molecular formula is C19H16N2O2. The average Bonchev–Trinajstić information content (AvgIpc) is 2.62. The molecule has 0 spiro atoms. The fourth-order valence-electron chi connectivity index (χ4n) is 2.22. The fraction of sp³-hybridized carbons (Fsp3) is 0.0526. The predicted molar refractivity (Wildman–Crippen MR) is 89.0 cm³/mol. The lowest BCUT2D eigenvalue weighted by Gasteiger charge is -2.11. The van der Waals surface area contributed by atoms with E-state index in [1.807, 2.05) is 60.7 Å². The first-order chi connectivity index (χ1) is 11.3. The van der Waals surface area contributed by atoms with Gasteiger partial charge < -0.3 is 10.1 Å². The van der Waals surface area contributed by atoms with Crippen molar-refractivity contribution in [2.45, 2.75) is 6.54 Å². The summed E-state index contributed by atoms with van der Waals surface area (Å²) in [6, 6.07) is 20.9. The zero-order chi connectivity index (χ0) is 15.9. The van der Waals surface area contributed by atoms with Crippen LogP contribution in [-0.4, -0.2) is 11.1 Å². The summed E-state index contributed by atoms with van der Waals surface area (Å²) in [5.74, 6) is 0.506. The summed E-state index contributed by atoms with van der Waals surface area (Å²) >= 11 is 0. The molecule has 0 aliphatic heterocycles. The van der Waals surface area contributed by atoms with Crippen molar-refractivity contribution in [3.05, 3.63) is 84.7 Å². The monoisotopic (exact) mass is 304 g/mol. The number of hydrogen-bond donors (Lipinski definition) is 1. The Hall–Kier alpha value is -3.14. The number of rotatable bonds is 4. The number of benzene rings is 2. The molecule has 1 heterocycles. The molecule has 1 N–H and O–H groups in total. The van der Waals surface area contributed by atoms with Crippen LogP contribution < -0.4 is 10.1 Å². The van der Waals surface area contributed by atoms with E-state index < -0.39 is 6.09 Å². The third kappa shape index (κ3) is 3.95. The number of aromatic nitrogens is 1. The molecule has 2 aromatic carbocycles. The van der Waals surface area contributed by atoms with Gasteiger partial charge in [0.25, 0.3) is 0 Å². The number of para-hydroxylation sites is 1. The van der Waals surface area contributed by atoms with Crippen LogP contribution in [0.25, 0.3) is 11.1 Å². The molecule has 4 heteroatoms. The zero-order valence-corrected chi connectivity index (χ0v) is 12.5. The number of ether oxygens (including phenoxy) is 1. The number of carbonyl (C=O) groups is 1. The third-order valence-corrected chi connectivity index (χ3v) is 3.34. The molecule has 3 rings (SSSR count). The van der Waals surface area contributed by atoms with Crippen molar-refractivity contribution < 1.29 is 9.53 Å². The highest BCUT2D eigenvalue weighted by Gasteiger charge is 2.10. The first-order valence-corrected chi connectivity index (χ1v) is 7.32. The lowest BCUT2D eigenvalue weighted by Crippen LogP contribution is -2.26. The maximum Gasteiger partial charge on any atom is 0.412 e. The molecule has 114 valence electrons. The molecule has 0 aliphatic carbocycles. The van der Waals surface area contributed by atoms with Crippen LogP contribution in [0.3, 0.4) is 0 Å². The van der Waals surface area contributed by atoms with Gasteiger partial charge in [-0.25, -0.2) is 4.79 Å². The van der Waals surface area contributed by atoms with E-state index >= 15 is 0 Å². The number of pyridine rings is 1. The van der Waals surface area contributed by atoms with E-state index in [1.54, 1.807) is 18.5 Å². The molecule has 0 atom stereocenters. The van der Waals surface area contributed by atoms with Gasteiger partial charge in [-0.3, -0.25) is 4.98 Å². The van der Waals surface area contributed by atoms with Gasteiger partial charge >= 0.3 is 6.09 Å². The van der Waals surface area contributed by atoms with Gasteiger partial charge in [0, 0.05) is 30.1 Å². The molecule has 0 fully saturated rings. The largest absolute Gasteiger partial charge is 0.412 e. The number of hydrogen-bond acceptors (Lipinski definition) is 3. The lowest BCUT2D eigenvalue weighted by molar-refractivity contribution is 0.200. The predicted octanol–water partition coefficient (Wildman–Crippen LogP) is 4.04. The van der Waals surface area contributed by atoms with Crippen LogP contribution >= 0.6 is 0 Å². The van der Waals surface area contributed by atoms with Gasteiger partial charge in [-0.1, -0.05) is 54.6 Å². The Kier molecular flexibility index (Phi) is 4.64. The maximum absolute atomic E-state index is 12.0. The van der Waals surface area contributed by atoms with Crippen LogP contribution in [0.5, 0.6) is 5.75 Å². The van der Waals surface area contributed by atoms with Crippen LogP contribution in [0.15, 0.2) is 79.1 Å². The van der Waals surface area contributed by atoms with Crippen molar-refractivity contribution in [1.82, 2.24) is 10.3 Å². The maximum atomic E-state index is 12.0. The van der Waals surface area contributed by atoms with E-state index in [2.05, 4.69) is 10.3 Å². The minimum Gasteiger partial charge on any atom is -0.410 e. The highest BCUT2D eigenvalue weighted by molar-refractivity contribution is 5.76. The first kappa shape index (κ1) is 14.8. The summed E-state index contributed by atoms with van der Waals surface area (Å²) in [5, 5.41) is 2.75. The molecule has 0 saturated heterocycles. The van der Waals surface area contributed by atoms with Gasteiger partial charge in [0.2, 0.25) is 0 Å². The summed E-state index contributed by atoms with van der Waals surface area (Å²) in [6.07, 6.45) is 2.97. The van der Waals surface area contributed by atoms with Crippen molar-refractivity contribution in [1.29, 1.82) is 0 Å². The van der Waals surface area contributed by atoms with Gasteiger partial charge in [0.15, 0.2) is 0 Å². The van der Waals surface area contributed by atoms with Gasteiger partial charge in [-0.2, -0.15) is 0 Å². The molecule has 4 nitrogen and oxygen atoms in total. The molecule has 0 radical (unpaired) electrons. The average molecular weight is 304 g/mol. The van der Waals surface area contributed by atoms with Crippen LogP contribution in [0, 0.1) is 0 Å². The second-order valence-electron chi connectivity index (χ2n) is 4.97. The standard InChI is InChI=1S/C19H16N2O2/c22-19(21-13-15-7-2-1-3-8-15)23-18-11-5-4-10-17(18)16-9-6-12-20-14-16/h1-12,14H,13H2,(H,21,22). The normalized spacial score (nSPS) is 10.1. The van der Waals surface area contributed by atoms with Gasteiger partial charge in [0.05, 0.1) is 0 Å². The summed E-state index contributed by atoms with van der Waals surface area (Å²) in [4.78, 5) is 16.1. The van der Waals surface area contributed by atoms with Crippen molar-refractivity contribution in [2.75, 3.05) is 0 Å². The molecule has 3 aromatic rings. The Labute approximate surface area is 134 Å². The fourth-order valence-corrected chi connectivity index (χ4v) is 2.22. The summed E-state index contributed by atoms with van der Waals surface area (Å²) < 4.78 is 5.44. The topological polar surface area (TPSA) is 51.2 Å². The Morgan fingerprint density at radius 3 is 2.52 bits per heavy atom. The van der Waals surface area contributed by atoms with E-state index in [4.69, 9.17) is 4.74 Å². The number of nitrogens with one attached hydrogen (secondary N) is 1. The second-order valence-corrected chi connectivity index (χ2v) is 4.97. The van der Waals surface area contributed by atoms with E-state index in [9.17, 15) is 4.79 Å². The van der Waals surface area contributed by atoms with Crippen molar-refractivity contribution in [2.24, 2.45) is 0 Å². The smallest absolute Gasteiger partial charge is 0.410 e. The van der Waals surface area contributed by atoms with Crippen LogP contribution in [0.2, 0.25) is 0 Å². The van der Waals surface area contributed by atoms with E-state index in [0.717, 1.165) is 16.7 Å². The van der Waals surface area contributed by atoms with Crippen LogP contribution in [0.1, 0.15) is 5.56 Å². The SMILES string of the molecule is O=C(NCc1ccccc1)Oc1ccccc1-c1cccnc1. The highest BCUT2D eigenvalue weighted by atomic mass is 16.6. The summed E-state index contributed by atoms with van der Waals surface area (Å²) in [6.45, 7) is 0.425. The van der Waals surface area contributed by atoms with Crippen molar-refractivity contribution >= 4 is 6.09 Å². The van der Waals surface area contributed by atoms with E-state index in [1.165, 1.54) is 0 Å². The Balaban J connectivity index is 1.69. The Bertz CT molecular complexity index is 774. The van der Waals surface area contributed by atoms with Gasteiger partial charge in [0.1, 0.15) is 5.75 Å². The molecule has 0 saturated carbocycles. The summed E-state index contributed by atoms with van der Waals surface area (Å²) in [7, 11) is 0. The second kappa shape index (κ2) is 7.22. The minimum atomic E-state index is -0.481. The van der Waals surface area contributed by atoms with Crippen LogP contribution in [-0.2, 0) is 6.54 Å². The number of carbonyl (C=O) groups excluding carboxylic acids is 1.